The zero-order valence-corrected chi connectivity index (χ0v) is 19.8. The summed E-state index contributed by atoms with van der Waals surface area (Å²) in [6.07, 6.45) is 12.8. The molecule has 0 spiro atoms. The average Bonchev–Trinajstić information content (AvgIpc) is 2.77. The van der Waals surface area contributed by atoms with Gasteiger partial charge in [0.15, 0.2) is 5.78 Å². The van der Waals surface area contributed by atoms with Crippen molar-refractivity contribution < 1.29 is 24.6 Å². The summed E-state index contributed by atoms with van der Waals surface area (Å²) in [5, 5.41) is 21.2. The van der Waals surface area contributed by atoms with Gasteiger partial charge in [-0.1, -0.05) is 65.3 Å². The molecule has 0 aliphatic heterocycles. The number of phenols is 1. The summed E-state index contributed by atoms with van der Waals surface area (Å²) in [6.45, 7) is 9.29. The second-order valence-electron chi connectivity index (χ2n) is 7.92. The van der Waals surface area contributed by atoms with Crippen LogP contribution in [0.25, 0.3) is 0 Å². The Morgan fingerprint density at radius 3 is 2.18 bits per heavy atom. The summed E-state index contributed by atoms with van der Waals surface area (Å²) < 4.78 is 0. The minimum atomic E-state index is -1.20. The first-order valence-corrected chi connectivity index (χ1v) is 10.7. The van der Waals surface area contributed by atoms with Gasteiger partial charge in [0.2, 0.25) is 5.91 Å². The lowest BCUT2D eigenvalue weighted by Crippen LogP contribution is -2.45. The molecule has 0 aliphatic carbocycles. The van der Waals surface area contributed by atoms with Gasteiger partial charge in [0.05, 0.1) is 5.92 Å². The molecular formula is C27H33NO5. The SMILES string of the molecule is C/C=C(C)/C=C(C)/C=C/C=C(C)/C=C/C(=O)C(C)C(=O)N[C@H](Cc1ccc(O)cc1)C(=O)O. The molecule has 0 aliphatic rings. The number of ketones is 1. The number of nitrogens with one attached hydrogen (secondary N) is 1. The zero-order chi connectivity index (χ0) is 25.0. The van der Waals surface area contributed by atoms with Crippen LogP contribution in [0.2, 0.25) is 0 Å². The third-order valence-corrected chi connectivity index (χ3v) is 4.95. The molecule has 0 radical (unpaired) electrons. The molecule has 1 aromatic carbocycles. The van der Waals surface area contributed by atoms with Crippen LogP contribution >= 0.6 is 0 Å². The van der Waals surface area contributed by atoms with Crippen LogP contribution in [0.4, 0.5) is 0 Å². The Labute approximate surface area is 195 Å². The van der Waals surface area contributed by atoms with Gasteiger partial charge in [0.1, 0.15) is 11.8 Å². The molecule has 0 fully saturated rings. The molecule has 3 N–H and O–H groups in total. The van der Waals surface area contributed by atoms with Crippen LogP contribution in [-0.2, 0) is 20.8 Å². The van der Waals surface area contributed by atoms with E-state index >= 15 is 0 Å². The summed E-state index contributed by atoms with van der Waals surface area (Å²) >= 11 is 0. The first-order valence-electron chi connectivity index (χ1n) is 10.7. The van der Waals surface area contributed by atoms with Crippen LogP contribution in [-0.4, -0.2) is 33.9 Å². The van der Waals surface area contributed by atoms with E-state index in [-0.39, 0.29) is 12.2 Å². The molecule has 1 unspecified atom stereocenters. The molecule has 6 nitrogen and oxygen atoms in total. The smallest absolute Gasteiger partial charge is 0.326 e. The van der Waals surface area contributed by atoms with Crippen molar-refractivity contribution in [2.75, 3.05) is 0 Å². The monoisotopic (exact) mass is 451 g/mol. The maximum Gasteiger partial charge on any atom is 0.326 e. The molecule has 0 bridgehead atoms. The largest absolute Gasteiger partial charge is 0.508 e. The minimum Gasteiger partial charge on any atom is -0.508 e. The highest BCUT2D eigenvalue weighted by Crippen LogP contribution is 2.12. The maximum absolute atomic E-state index is 12.4. The van der Waals surface area contributed by atoms with Crippen molar-refractivity contribution >= 4 is 17.7 Å². The second-order valence-corrected chi connectivity index (χ2v) is 7.92. The van der Waals surface area contributed by atoms with Gasteiger partial charge in [0.25, 0.3) is 0 Å². The van der Waals surface area contributed by atoms with E-state index < -0.39 is 29.6 Å². The predicted octanol–water partition coefficient (Wildman–Crippen LogP) is 4.68. The lowest BCUT2D eigenvalue weighted by molar-refractivity contribution is -0.143. The van der Waals surface area contributed by atoms with Crippen LogP contribution < -0.4 is 5.32 Å². The van der Waals surface area contributed by atoms with E-state index in [4.69, 9.17) is 0 Å². The fourth-order valence-electron chi connectivity index (χ4n) is 2.75. The molecule has 1 aromatic rings. The van der Waals surface area contributed by atoms with E-state index in [1.165, 1.54) is 30.7 Å². The van der Waals surface area contributed by atoms with Crippen LogP contribution in [0.5, 0.6) is 5.75 Å². The normalized spacial score (nSPS) is 15.0. The number of aromatic hydroxyl groups is 1. The number of allylic oxidation sites excluding steroid dienone is 10. The number of carbonyl (C=O) groups is 3. The lowest BCUT2D eigenvalue weighted by Gasteiger charge is -2.17. The fraction of sp³-hybridized carbons (Fsp3) is 0.296. The molecule has 6 heteroatoms. The molecule has 2 atom stereocenters. The summed E-state index contributed by atoms with van der Waals surface area (Å²) in [5.74, 6) is -3.24. The van der Waals surface area contributed by atoms with Crippen LogP contribution in [0.3, 0.4) is 0 Å². The summed E-state index contributed by atoms with van der Waals surface area (Å²) in [6, 6.07) is 4.86. The lowest BCUT2D eigenvalue weighted by atomic mass is 10.0. The van der Waals surface area contributed by atoms with Gasteiger partial charge in [-0.25, -0.2) is 4.79 Å². The van der Waals surface area contributed by atoms with Gasteiger partial charge < -0.3 is 15.5 Å². The van der Waals surface area contributed by atoms with E-state index in [1.54, 1.807) is 18.2 Å². The van der Waals surface area contributed by atoms with Crippen molar-refractivity contribution in [3.05, 3.63) is 89.1 Å². The van der Waals surface area contributed by atoms with Gasteiger partial charge in [-0.15, -0.1) is 0 Å². The van der Waals surface area contributed by atoms with Crippen molar-refractivity contribution in [1.29, 1.82) is 0 Å². The van der Waals surface area contributed by atoms with Crippen LogP contribution in [0, 0.1) is 5.92 Å². The number of aliphatic carboxylic acids is 1. The Bertz CT molecular complexity index is 994. The number of carboxylic acids is 1. The number of benzene rings is 1. The maximum atomic E-state index is 12.4. The number of phenolic OH excluding ortho intramolecular Hbond substituents is 1. The molecule has 1 amide bonds. The molecule has 0 aromatic heterocycles. The van der Waals surface area contributed by atoms with Crippen LogP contribution in [0.1, 0.15) is 40.2 Å². The molecule has 176 valence electrons. The minimum absolute atomic E-state index is 0.0354. The Kier molecular flexibility index (Phi) is 11.3. The van der Waals surface area contributed by atoms with E-state index in [1.807, 2.05) is 52.0 Å². The predicted molar refractivity (Wildman–Crippen MR) is 131 cm³/mol. The molecule has 0 heterocycles. The Hall–Kier alpha value is -3.67. The number of hydrogen-bond donors (Lipinski definition) is 3. The van der Waals surface area contributed by atoms with E-state index in [2.05, 4.69) is 11.4 Å². The highest BCUT2D eigenvalue weighted by molar-refractivity contribution is 6.07. The summed E-state index contributed by atoms with van der Waals surface area (Å²) in [4.78, 5) is 36.4. The second kappa shape index (κ2) is 13.7. The topological polar surface area (TPSA) is 104 Å². The first kappa shape index (κ1) is 27.4. The highest BCUT2D eigenvalue weighted by atomic mass is 16.4. The molecule has 0 saturated carbocycles. The van der Waals surface area contributed by atoms with Crippen molar-refractivity contribution in [3.63, 3.8) is 0 Å². The molecular weight excluding hydrogens is 418 g/mol. The van der Waals surface area contributed by atoms with Crippen molar-refractivity contribution in [2.45, 2.75) is 47.1 Å². The van der Waals surface area contributed by atoms with Crippen LogP contribution in [0.15, 0.2) is 83.5 Å². The van der Waals surface area contributed by atoms with Gasteiger partial charge in [-0.2, -0.15) is 0 Å². The Morgan fingerprint density at radius 1 is 0.970 bits per heavy atom. The van der Waals surface area contributed by atoms with E-state index in [0.29, 0.717) is 5.56 Å². The molecule has 33 heavy (non-hydrogen) atoms. The average molecular weight is 452 g/mol. The van der Waals surface area contributed by atoms with Gasteiger partial charge in [-0.05, 0) is 58.4 Å². The Morgan fingerprint density at radius 2 is 1.61 bits per heavy atom. The third-order valence-electron chi connectivity index (χ3n) is 4.95. The van der Waals surface area contributed by atoms with Gasteiger partial charge >= 0.3 is 5.97 Å². The number of amides is 1. The number of rotatable bonds is 11. The number of hydrogen-bond acceptors (Lipinski definition) is 4. The molecule has 0 saturated heterocycles. The van der Waals surface area contributed by atoms with Crippen molar-refractivity contribution in [1.82, 2.24) is 5.32 Å². The van der Waals surface area contributed by atoms with Crippen molar-refractivity contribution in [3.8, 4) is 5.75 Å². The first-order chi connectivity index (χ1) is 15.5. The van der Waals surface area contributed by atoms with E-state index in [0.717, 1.165) is 11.1 Å². The Balaban J connectivity index is 2.72. The standard InChI is InChI=1S/C27H33NO5/c1-6-18(2)16-20(4)9-7-8-19(3)10-15-25(30)21(5)26(31)28-24(27(32)33)17-22-11-13-23(29)14-12-22/h6-16,21,24,29H,17H2,1-5H3,(H,28,31)(H,32,33)/b9-7+,15-10+,18-6+,19-8+,20-16+/t21?,24-/m1/s1. The number of carboxylic acid groups (broad SMARTS) is 1. The zero-order valence-electron chi connectivity index (χ0n) is 19.8. The van der Waals surface area contributed by atoms with E-state index in [9.17, 15) is 24.6 Å². The van der Waals surface area contributed by atoms with Crippen molar-refractivity contribution in [2.24, 2.45) is 5.92 Å². The summed E-state index contributed by atoms with van der Waals surface area (Å²) in [5.41, 5.74) is 3.74. The summed E-state index contributed by atoms with van der Waals surface area (Å²) in [7, 11) is 0. The fourth-order valence-corrected chi connectivity index (χ4v) is 2.75. The number of carbonyl (C=O) groups excluding carboxylic acids is 2. The molecule has 1 rings (SSSR count). The van der Waals surface area contributed by atoms with Gasteiger partial charge in [0, 0.05) is 6.42 Å². The quantitative estimate of drug-likeness (QED) is 0.257. The highest BCUT2D eigenvalue weighted by Gasteiger charge is 2.26. The van der Waals surface area contributed by atoms with Gasteiger partial charge in [-0.3, -0.25) is 9.59 Å². The third kappa shape index (κ3) is 10.5.